The maximum atomic E-state index is 11.2. The Bertz CT molecular complexity index is 1920. The van der Waals surface area contributed by atoms with Crippen molar-refractivity contribution in [1.82, 2.24) is 9.13 Å². The van der Waals surface area contributed by atoms with E-state index in [0.717, 1.165) is 20.2 Å². The molecule has 0 amide bonds. The molecule has 6 N–H and O–H groups in total. The molecule has 0 radical (unpaired) electrons. The molecule has 0 saturated carbocycles. The van der Waals surface area contributed by atoms with Gasteiger partial charge < -0.3 is 39.8 Å². The zero-order valence-corrected chi connectivity index (χ0v) is 27.0. The topological polar surface area (TPSA) is 165 Å². The van der Waals surface area contributed by atoms with Gasteiger partial charge in [0.15, 0.2) is 0 Å². The van der Waals surface area contributed by atoms with Crippen molar-refractivity contribution in [1.29, 1.82) is 0 Å². The number of phenols is 4. The Labute approximate surface area is 281 Å². The number of carboxylic acid groups (broad SMARTS) is 2. The highest BCUT2D eigenvalue weighted by molar-refractivity contribution is 14.1. The van der Waals surface area contributed by atoms with E-state index in [-0.39, 0.29) is 41.0 Å². The lowest BCUT2D eigenvalue weighted by Gasteiger charge is -2.09. The molecule has 6 aromatic rings. The van der Waals surface area contributed by atoms with E-state index in [9.17, 15) is 30.0 Å². The minimum absolute atomic E-state index is 0.0415. The molecule has 46 heavy (non-hydrogen) atoms. The molecule has 0 unspecified atom stereocenters. The first kappa shape index (κ1) is 32.5. The van der Waals surface area contributed by atoms with Crippen LogP contribution in [0, 0.1) is 3.70 Å². The molecule has 10 nitrogen and oxygen atoms in total. The van der Waals surface area contributed by atoms with Gasteiger partial charge in [-0.05, 0) is 70.1 Å². The van der Waals surface area contributed by atoms with Gasteiger partial charge in [0.25, 0.3) is 0 Å². The summed E-state index contributed by atoms with van der Waals surface area (Å²) >= 11 is 8.51. The number of nitrogens with zero attached hydrogens (tertiary/aromatic N) is 2. The number of aromatic hydroxyl groups is 4. The third-order valence-corrected chi connectivity index (χ3v) is 9.07. The Morgan fingerprint density at radius 1 is 0.609 bits per heavy atom. The van der Waals surface area contributed by atoms with Gasteiger partial charge in [-0.1, -0.05) is 60.1 Å². The zero-order valence-electron chi connectivity index (χ0n) is 24.1. The second-order valence-electron chi connectivity index (χ2n) is 10.5. The van der Waals surface area contributed by atoms with E-state index in [1.54, 1.807) is 77.4 Å². The highest BCUT2D eigenvalue weighted by Crippen LogP contribution is 2.37. The molecule has 0 fully saturated rings. The predicted molar refractivity (Wildman–Crippen MR) is 182 cm³/mol. The molecule has 0 spiro atoms. The van der Waals surface area contributed by atoms with Crippen LogP contribution in [0.2, 0.25) is 5.15 Å². The number of para-hydroxylation sites is 2. The van der Waals surface area contributed by atoms with E-state index < -0.39 is 11.9 Å². The quantitative estimate of drug-likeness (QED) is 0.0934. The summed E-state index contributed by atoms with van der Waals surface area (Å²) in [6, 6.07) is 23.5. The van der Waals surface area contributed by atoms with Gasteiger partial charge in [0.2, 0.25) is 0 Å². The Morgan fingerprint density at radius 3 is 1.50 bits per heavy atom. The summed E-state index contributed by atoms with van der Waals surface area (Å²) in [5.41, 5.74) is 4.11. The molecule has 0 atom stereocenters. The number of carboxylic acids is 2. The lowest BCUT2D eigenvalue weighted by molar-refractivity contribution is -0.137. The number of rotatable bonds is 8. The first-order chi connectivity index (χ1) is 21.9. The SMILES string of the molecule is O=C(O)Cc1c(Cl)n(Cc2ccc(O)cc2)c2c(O)cccc12.O=C(O)Cc1c(I)n(Cc2ccc(O)cc2)c2c(O)cccc12. The maximum absolute atomic E-state index is 11.2. The van der Waals surface area contributed by atoms with Crippen LogP contribution in [0.15, 0.2) is 84.9 Å². The smallest absolute Gasteiger partial charge is 0.307 e. The summed E-state index contributed by atoms with van der Waals surface area (Å²) in [7, 11) is 0. The van der Waals surface area contributed by atoms with Crippen molar-refractivity contribution in [3.05, 3.63) is 116 Å². The fraction of sp³-hybridized carbons (Fsp3) is 0.118. The number of carbonyl (C=O) groups is 2. The van der Waals surface area contributed by atoms with Gasteiger partial charge in [-0.2, -0.15) is 0 Å². The van der Waals surface area contributed by atoms with Crippen LogP contribution in [-0.2, 0) is 35.5 Å². The fourth-order valence-corrected chi connectivity index (χ4v) is 6.57. The maximum Gasteiger partial charge on any atom is 0.307 e. The molecule has 0 aliphatic carbocycles. The van der Waals surface area contributed by atoms with Crippen molar-refractivity contribution in [3.63, 3.8) is 0 Å². The second kappa shape index (κ2) is 13.6. The van der Waals surface area contributed by atoms with Crippen molar-refractivity contribution in [3.8, 4) is 23.0 Å². The van der Waals surface area contributed by atoms with Crippen molar-refractivity contribution in [2.75, 3.05) is 0 Å². The predicted octanol–water partition coefficient (Wildman–Crippen LogP) is 6.71. The van der Waals surface area contributed by atoms with E-state index in [4.69, 9.17) is 21.8 Å². The highest BCUT2D eigenvalue weighted by Gasteiger charge is 2.21. The average molecular weight is 755 g/mol. The number of phenolic OH excluding ortho intramolecular Hbond substituents is 4. The molecule has 2 aromatic heterocycles. The van der Waals surface area contributed by atoms with Crippen LogP contribution in [0.4, 0.5) is 0 Å². The lowest BCUT2D eigenvalue weighted by atomic mass is 10.1. The van der Waals surface area contributed by atoms with Crippen LogP contribution in [0.1, 0.15) is 22.3 Å². The Morgan fingerprint density at radius 2 is 1.02 bits per heavy atom. The number of hydrogen-bond donors (Lipinski definition) is 6. The molecular formula is C34H28ClIN2O8. The number of benzene rings is 4. The van der Waals surface area contributed by atoms with Crippen molar-refractivity contribution < 1.29 is 40.2 Å². The van der Waals surface area contributed by atoms with Gasteiger partial charge in [0, 0.05) is 35.0 Å². The summed E-state index contributed by atoms with van der Waals surface area (Å²) in [5, 5.41) is 59.0. The van der Waals surface area contributed by atoms with Crippen LogP contribution in [-0.4, -0.2) is 51.7 Å². The van der Waals surface area contributed by atoms with Gasteiger partial charge in [0.1, 0.15) is 28.2 Å². The highest BCUT2D eigenvalue weighted by atomic mass is 127. The van der Waals surface area contributed by atoms with E-state index in [2.05, 4.69) is 22.6 Å². The Kier molecular flexibility index (Phi) is 9.63. The van der Waals surface area contributed by atoms with Gasteiger partial charge >= 0.3 is 11.9 Å². The van der Waals surface area contributed by atoms with E-state index in [1.807, 2.05) is 10.6 Å². The normalized spacial score (nSPS) is 11.0. The van der Waals surface area contributed by atoms with Gasteiger partial charge in [0.05, 0.1) is 27.6 Å². The largest absolute Gasteiger partial charge is 0.508 e. The lowest BCUT2D eigenvalue weighted by Crippen LogP contribution is -2.05. The monoisotopic (exact) mass is 754 g/mol. The fourth-order valence-electron chi connectivity index (χ4n) is 5.36. The third kappa shape index (κ3) is 6.85. The molecule has 0 aliphatic rings. The van der Waals surface area contributed by atoms with E-state index >= 15 is 0 Å². The van der Waals surface area contributed by atoms with Gasteiger partial charge in [-0.15, -0.1) is 0 Å². The van der Waals surface area contributed by atoms with E-state index in [0.29, 0.717) is 40.6 Å². The molecule has 2 heterocycles. The summed E-state index contributed by atoms with van der Waals surface area (Å²) in [6.07, 6.45) is -0.317. The molecule has 0 bridgehead atoms. The molecule has 236 valence electrons. The van der Waals surface area contributed by atoms with Crippen molar-refractivity contribution in [2.45, 2.75) is 25.9 Å². The Balaban J connectivity index is 0.000000181. The van der Waals surface area contributed by atoms with Crippen molar-refractivity contribution in [2.24, 2.45) is 0 Å². The molecule has 0 saturated heterocycles. The summed E-state index contributed by atoms with van der Waals surface area (Å²) < 4.78 is 4.36. The molecule has 6 rings (SSSR count). The number of halogens is 2. The minimum Gasteiger partial charge on any atom is -0.508 e. The first-order valence-electron chi connectivity index (χ1n) is 13.9. The zero-order chi connectivity index (χ0) is 33.1. The minimum atomic E-state index is -0.987. The standard InChI is InChI=1S/C17H14ClNO4.C17H14INO4/c2*18-17-13(8-15(22)23)12-2-1-3-14(21)16(12)19(17)9-10-4-6-11(20)7-5-10/h2*1-7,20-21H,8-9H2,(H,22,23). The summed E-state index contributed by atoms with van der Waals surface area (Å²) in [6.45, 7) is 0.832. The van der Waals surface area contributed by atoms with Crippen LogP contribution < -0.4 is 0 Å². The number of hydrogen-bond acceptors (Lipinski definition) is 6. The number of aromatic nitrogens is 2. The first-order valence-corrected chi connectivity index (χ1v) is 15.4. The van der Waals surface area contributed by atoms with Gasteiger partial charge in [-0.3, -0.25) is 9.59 Å². The van der Waals surface area contributed by atoms with Crippen LogP contribution >= 0.6 is 34.2 Å². The Hall–Kier alpha value is -4.88. The summed E-state index contributed by atoms with van der Waals surface area (Å²) in [4.78, 5) is 22.2. The van der Waals surface area contributed by atoms with Crippen LogP contribution in [0.25, 0.3) is 21.8 Å². The average Bonchev–Trinajstić information content (AvgIpc) is 3.42. The van der Waals surface area contributed by atoms with Crippen LogP contribution in [0.5, 0.6) is 23.0 Å². The second-order valence-corrected chi connectivity index (χ2v) is 11.9. The van der Waals surface area contributed by atoms with E-state index in [1.165, 1.54) is 6.07 Å². The summed E-state index contributed by atoms with van der Waals surface area (Å²) in [5.74, 6) is -1.38. The number of fused-ring (bicyclic) bond motifs is 2. The van der Waals surface area contributed by atoms with Gasteiger partial charge in [-0.25, -0.2) is 0 Å². The molecular weight excluding hydrogens is 727 g/mol. The molecule has 4 aromatic carbocycles. The molecule has 12 heteroatoms. The van der Waals surface area contributed by atoms with Crippen LogP contribution in [0.3, 0.4) is 0 Å². The number of aliphatic carboxylic acids is 2. The molecule has 0 aliphatic heterocycles. The van der Waals surface area contributed by atoms with Crippen molar-refractivity contribution >= 4 is 67.9 Å². The third-order valence-electron chi connectivity index (χ3n) is 7.40.